The molecule has 0 amide bonds. The van der Waals surface area contributed by atoms with Gasteiger partial charge in [0.1, 0.15) is 5.82 Å². The summed E-state index contributed by atoms with van der Waals surface area (Å²) in [6.45, 7) is 7.85. The third-order valence-electron chi connectivity index (χ3n) is 5.03. The fraction of sp³-hybridized carbons (Fsp3) is 0.208. The van der Waals surface area contributed by atoms with Gasteiger partial charge in [-0.3, -0.25) is 0 Å². The molecule has 2 aromatic heterocycles. The van der Waals surface area contributed by atoms with Gasteiger partial charge in [-0.25, -0.2) is 22.9 Å². The summed E-state index contributed by atoms with van der Waals surface area (Å²) in [4.78, 5) is 17.5. The van der Waals surface area contributed by atoms with Crippen molar-refractivity contribution in [1.82, 2.24) is 14.6 Å². The second-order valence-corrected chi connectivity index (χ2v) is 7.16. The van der Waals surface area contributed by atoms with E-state index in [1.807, 2.05) is 45.9 Å². The van der Waals surface area contributed by atoms with Crippen LogP contribution in [-0.2, 0) is 0 Å². The van der Waals surface area contributed by atoms with Crippen molar-refractivity contribution in [2.45, 2.75) is 27.7 Å². The molecule has 0 saturated carbocycles. The number of para-hydroxylation sites is 1. The van der Waals surface area contributed by atoms with Crippen molar-refractivity contribution in [3.8, 4) is 11.3 Å². The molecule has 172 valence electrons. The third kappa shape index (κ3) is 4.39. The number of carbonyl (C=O) groups is 1. The minimum Gasteiger partial charge on any atom is -0.476 e. The van der Waals surface area contributed by atoms with E-state index in [9.17, 15) is 23.1 Å². The zero-order chi connectivity index (χ0) is 24.4. The molecule has 0 unspecified atom stereocenters. The molecule has 4 aromatic rings. The Hall–Kier alpha value is -3.88. The van der Waals surface area contributed by atoms with Crippen LogP contribution in [0.2, 0.25) is 0 Å². The predicted octanol–water partition coefficient (Wildman–Crippen LogP) is 5.92. The highest BCUT2D eigenvalue weighted by atomic mass is 19.2. The summed E-state index contributed by atoms with van der Waals surface area (Å²) >= 11 is 0. The van der Waals surface area contributed by atoms with Gasteiger partial charge in [-0.15, -0.1) is 0 Å². The van der Waals surface area contributed by atoms with E-state index < -0.39 is 23.4 Å². The van der Waals surface area contributed by atoms with Crippen LogP contribution in [0.25, 0.3) is 16.9 Å². The first-order chi connectivity index (χ1) is 15.7. The molecule has 9 heteroatoms. The Bertz CT molecular complexity index is 1310. The van der Waals surface area contributed by atoms with Gasteiger partial charge in [0.15, 0.2) is 28.8 Å². The Morgan fingerprint density at radius 2 is 1.58 bits per heavy atom. The Labute approximate surface area is 188 Å². The van der Waals surface area contributed by atoms with Gasteiger partial charge < -0.3 is 10.0 Å². The number of hydrogen-bond donors (Lipinski definition) is 1. The van der Waals surface area contributed by atoms with Gasteiger partial charge in [-0.1, -0.05) is 32.0 Å². The van der Waals surface area contributed by atoms with Gasteiger partial charge in [0.25, 0.3) is 0 Å². The number of benzene rings is 2. The van der Waals surface area contributed by atoms with Crippen LogP contribution in [0.3, 0.4) is 0 Å². The Balaban J connectivity index is 0.00000149. The first kappa shape index (κ1) is 23.8. The number of aryl methyl sites for hydroxylation is 2. The van der Waals surface area contributed by atoms with Crippen LogP contribution in [0.4, 0.5) is 24.7 Å². The zero-order valence-electron chi connectivity index (χ0n) is 18.8. The van der Waals surface area contributed by atoms with E-state index in [-0.39, 0.29) is 22.6 Å². The minimum absolute atomic E-state index is 0.00753. The number of anilines is 2. The summed E-state index contributed by atoms with van der Waals surface area (Å²) < 4.78 is 42.4. The van der Waals surface area contributed by atoms with Crippen LogP contribution in [0.1, 0.15) is 35.5 Å². The highest BCUT2D eigenvalue weighted by Crippen LogP contribution is 2.33. The highest BCUT2D eigenvalue weighted by molar-refractivity contribution is 5.87. The maximum atomic E-state index is 13.8. The average molecular weight is 456 g/mol. The molecule has 0 saturated heterocycles. The lowest BCUT2D eigenvalue weighted by molar-refractivity contribution is 0.0690. The maximum Gasteiger partial charge on any atom is 0.356 e. The number of hydrogen-bond acceptors (Lipinski definition) is 4. The van der Waals surface area contributed by atoms with E-state index in [0.29, 0.717) is 5.82 Å². The quantitative estimate of drug-likeness (QED) is 0.386. The van der Waals surface area contributed by atoms with Crippen molar-refractivity contribution in [2.24, 2.45) is 0 Å². The molecular weight excluding hydrogens is 433 g/mol. The SMILES string of the molecule is CC.Cc1cccc(C)c1N(C)c1cc(-c2cc(F)c(F)c(F)c2)nc2cc(C(=O)O)nn12. The molecule has 0 atom stereocenters. The van der Waals surface area contributed by atoms with Crippen LogP contribution in [0.15, 0.2) is 42.5 Å². The van der Waals surface area contributed by atoms with Gasteiger partial charge in [-0.05, 0) is 37.1 Å². The molecule has 6 nitrogen and oxygen atoms in total. The predicted molar refractivity (Wildman–Crippen MR) is 121 cm³/mol. The molecule has 0 aliphatic heterocycles. The molecule has 0 spiro atoms. The molecule has 0 radical (unpaired) electrons. The van der Waals surface area contributed by atoms with Crippen LogP contribution in [0, 0.1) is 31.3 Å². The number of nitrogens with zero attached hydrogens (tertiary/aromatic N) is 4. The zero-order valence-corrected chi connectivity index (χ0v) is 18.8. The Morgan fingerprint density at radius 1 is 1.00 bits per heavy atom. The number of aromatic carboxylic acids is 1. The first-order valence-electron chi connectivity index (χ1n) is 10.3. The number of carboxylic acid groups (broad SMARTS) is 1. The highest BCUT2D eigenvalue weighted by Gasteiger charge is 2.20. The lowest BCUT2D eigenvalue weighted by Gasteiger charge is -2.24. The maximum absolute atomic E-state index is 13.8. The lowest BCUT2D eigenvalue weighted by Crippen LogP contribution is -2.17. The smallest absolute Gasteiger partial charge is 0.356 e. The standard InChI is InChI=1S/C22H17F3N4O2.C2H6/c1-11-5-4-6-12(2)21(11)28(3)19-10-16(13-7-14(23)20(25)15(24)8-13)26-18-9-17(22(30)31)27-29(18)19;1-2/h4-10H,1-3H3,(H,30,31);1-2H3. The van der Waals surface area contributed by atoms with Crippen molar-refractivity contribution < 1.29 is 23.1 Å². The second kappa shape index (κ2) is 9.32. The molecule has 0 bridgehead atoms. The van der Waals surface area contributed by atoms with Crippen molar-refractivity contribution in [1.29, 1.82) is 0 Å². The van der Waals surface area contributed by atoms with E-state index in [1.54, 1.807) is 11.9 Å². The molecule has 0 aliphatic rings. The fourth-order valence-corrected chi connectivity index (χ4v) is 3.60. The Morgan fingerprint density at radius 3 is 2.12 bits per heavy atom. The van der Waals surface area contributed by atoms with E-state index in [4.69, 9.17) is 0 Å². The summed E-state index contributed by atoms with van der Waals surface area (Å²) in [5, 5.41) is 13.5. The summed E-state index contributed by atoms with van der Waals surface area (Å²) in [5.41, 5.74) is 2.83. The molecule has 1 N–H and O–H groups in total. The van der Waals surface area contributed by atoms with E-state index in [0.717, 1.165) is 28.9 Å². The Kier molecular flexibility index (Phi) is 6.71. The first-order valence-corrected chi connectivity index (χ1v) is 10.3. The monoisotopic (exact) mass is 456 g/mol. The number of aromatic nitrogens is 3. The number of fused-ring (bicyclic) bond motifs is 1. The molecule has 2 aromatic carbocycles. The number of halogens is 3. The number of rotatable bonds is 4. The van der Waals surface area contributed by atoms with Crippen LogP contribution in [-0.4, -0.2) is 32.7 Å². The van der Waals surface area contributed by atoms with Crippen LogP contribution in [0.5, 0.6) is 0 Å². The normalized spacial score (nSPS) is 10.7. The fourth-order valence-electron chi connectivity index (χ4n) is 3.60. The second-order valence-electron chi connectivity index (χ2n) is 7.16. The molecule has 4 rings (SSSR count). The van der Waals surface area contributed by atoms with Gasteiger partial charge >= 0.3 is 5.97 Å². The molecular formula is C24H23F3N4O2. The third-order valence-corrected chi connectivity index (χ3v) is 5.03. The average Bonchev–Trinajstić information content (AvgIpc) is 3.22. The summed E-state index contributed by atoms with van der Waals surface area (Å²) in [5.74, 6) is -5.10. The minimum atomic E-state index is -1.57. The van der Waals surface area contributed by atoms with E-state index in [1.165, 1.54) is 16.6 Å². The van der Waals surface area contributed by atoms with Crippen LogP contribution >= 0.6 is 0 Å². The topological polar surface area (TPSA) is 70.7 Å². The summed E-state index contributed by atoms with van der Waals surface area (Å²) in [6.07, 6.45) is 0. The van der Waals surface area contributed by atoms with Crippen molar-refractivity contribution in [2.75, 3.05) is 11.9 Å². The van der Waals surface area contributed by atoms with Gasteiger partial charge in [0.2, 0.25) is 0 Å². The van der Waals surface area contributed by atoms with Crippen molar-refractivity contribution in [3.05, 3.63) is 76.7 Å². The largest absolute Gasteiger partial charge is 0.476 e. The van der Waals surface area contributed by atoms with E-state index >= 15 is 0 Å². The molecule has 0 aliphatic carbocycles. The van der Waals surface area contributed by atoms with Crippen molar-refractivity contribution in [3.63, 3.8) is 0 Å². The summed E-state index contributed by atoms with van der Waals surface area (Å²) in [6, 6.07) is 10.2. The summed E-state index contributed by atoms with van der Waals surface area (Å²) in [7, 11) is 1.77. The van der Waals surface area contributed by atoms with Crippen LogP contribution < -0.4 is 4.90 Å². The van der Waals surface area contributed by atoms with Gasteiger partial charge in [0, 0.05) is 30.4 Å². The molecule has 33 heavy (non-hydrogen) atoms. The molecule has 2 heterocycles. The van der Waals surface area contributed by atoms with Crippen molar-refractivity contribution >= 4 is 23.1 Å². The van der Waals surface area contributed by atoms with E-state index in [2.05, 4.69) is 10.1 Å². The van der Waals surface area contributed by atoms with Gasteiger partial charge in [-0.2, -0.15) is 9.61 Å². The number of carboxylic acids is 1. The lowest BCUT2D eigenvalue weighted by atomic mass is 10.1. The van der Waals surface area contributed by atoms with Gasteiger partial charge in [0.05, 0.1) is 5.69 Å². The molecule has 0 fully saturated rings.